The number of aliphatic hydroxyl groups is 1. The Kier molecular flexibility index (Phi) is 7.56. The zero-order valence-electron chi connectivity index (χ0n) is 28.3. The first kappa shape index (κ1) is 33.0. The molecule has 11 heteroatoms. The number of hydrogen-bond acceptors (Lipinski definition) is 11. The molecule has 11 nitrogen and oxygen atoms in total. The van der Waals surface area contributed by atoms with Gasteiger partial charge in [0.1, 0.15) is 23.9 Å². The van der Waals surface area contributed by atoms with Crippen LogP contribution in [0.1, 0.15) is 92.7 Å². The van der Waals surface area contributed by atoms with Crippen molar-refractivity contribution in [3.63, 3.8) is 0 Å². The SMILES string of the molecule is CCC(C)C(=O)OC1C2C(OC(=O)C(C)C)C(C)(C)C(C(=O)OC)C3(C)C4CCC5(C)C(c6ccoc6)OC(=O)CC5C14OC23O. The van der Waals surface area contributed by atoms with E-state index in [0.717, 1.165) is 0 Å². The van der Waals surface area contributed by atoms with Crippen molar-refractivity contribution in [1.82, 2.24) is 0 Å². The highest BCUT2D eigenvalue weighted by Crippen LogP contribution is 2.81. The van der Waals surface area contributed by atoms with Gasteiger partial charge in [-0.2, -0.15) is 0 Å². The van der Waals surface area contributed by atoms with Gasteiger partial charge in [-0.25, -0.2) is 0 Å². The van der Waals surface area contributed by atoms with Crippen molar-refractivity contribution >= 4 is 23.9 Å². The van der Waals surface area contributed by atoms with Crippen LogP contribution < -0.4 is 0 Å². The van der Waals surface area contributed by atoms with Crippen LogP contribution in [0, 0.1) is 51.8 Å². The van der Waals surface area contributed by atoms with Crippen LogP contribution >= 0.6 is 0 Å². The molecule has 3 saturated heterocycles. The minimum Gasteiger partial charge on any atom is -0.472 e. The first-order valence-electron chi connectivity index (χ1n) is 16.6. The van der Waals surface area contributed by atoms with Crippen LogP contribution in [0.15, 0.2) is 23.0 Å². The highest BCUT2D eigenvalue weighted by atomic mass is 16.7. The van der Waals surface area contributed by atoms with Crippen molar-refractivity contribution in [1.29, 1.82) is 0 Å². The molecule has 12 unspecified atom stereocenters. The molecule has 1 aromatic rings. The van der Waals surface area contributed by atoms with Gasteiger partial charge in [0.2, 0.25) is 0 Å². The van der Waals surface area contributed by atoms with Gasteiger partial charge in [-0.05, 0) is 25.3 Å². The largest absolute Gasteiger partial charge is 0.472 e. The molecule has 1 spiro atoms. The Morgan fingerprint density at radius 2 is 1.72 bits per heavy atom. The molecule has 2 aliphatic carbocycles. The lowest BCUT2D eigenvalue weighted by Gasteiger charge is -2.67. The number of cyclic esters (lactones) is 1. The van der Waals surface area contributed by atoms with E-state index in [4.69, 9.17) is 28.1 Å². The summed E-state index contributed by atoms with van der Waals surface area (Å²) in [6.45, 7) is 14.6. The Morgan fingerprint density at radius 1 is 1.04 bits per heavy atom. The first-order valence-corrected chi connectivity index (χ1v) is 16.6. The molecule has 4 heterocycles. The van der Waals surface area contributed by atoms with Crippen molar-refractivity contribution in [2.24, 2.45) is 51.8 Å². The third kappa shape index (κ3) is 3.96. The summed E-state index contributed by atoms with van der Waals surface area (Å²) < 4.78 is 36.6. The van der Waals surface area contributed by atoms with E-state index in [0.29, 0.717) is 24.8 Å². The maximum absolute atomic E-state index is 13.9. The van der Waals surface area contributed by atoms with Gasteiger partial charge in [0, 0.05) is 33.6 Å². The molecule has 0 radical (unpaired) electrons. The van der Waals surface area contributed by atoms with E-state index in [1.807, 2.05) is 34.6 Å². The monoisotopic (exact) mass is 644 g/mol. The third-order valence-corrected chi connectivity index (χ3v) is 12.8. The number of hydrogen-bond donors (Lipinski definition) is 1. The second-order valence-corrected chi connectivity index (χ2v) is 15.7. The molecule has 12 atom stereocenters. The van der Waals surface area contributed by atoms with Gasteiger partial charge in [-0.3, -0.25) is 19.2 Å². The van der Waals surface area contributed by atoms with Gasteiger partial charge in [0.25, 0.3) is 0 Å². The van der Waals surface area contributed by atoms with Crippen molar-refractivity contribution in [3.8, 4) is 0 Å². The number of ether oxygens (including phenoxy) is 5. The van der Waals surface area contributed by atoms with Crippen LogP contribution in [-0.4, -0.2) is 59.7 Å². The fourth-order valence-corrected chi connectivity index (χ4v) is 10.5. The molecule has 3 aliphatic heterocycles. The first-order chi connectivity index (χ1) is 21.5. The van der Waals surface area contributed by atoms with E-state index in [9.17, 15) is 24.3 Å². The van der Waals surface area contributed by atoms with Gasteiger partial charge >= 0.3 is 23.9 Å². The second-order valence-electron chi connectivity index (χ2n) is 15.7. The smallest absolute Gasteiger partial charge is 0.310 e. The average Bonchev–Trinajstić information content (AvgIpc) is 3.66. The molecule has 0 aromatic carbocycles. The summed E-state index contributed by atoms with van der Waals surface area (Å²) in [5.41, 5.74) is -3.79. The van der Waals surface area contributed by atoms with Crippen LogP contribution in [0.4, 0.5) is 0 Å². The van der Waals surface area contributed by atoms with E-state index in [2.05, 4.69) is 0 Å². The maximum atomic E-state index is 13.9. The number of fused-ring (bicyclic) bond motifs is 2. The van der Waals surface area contributed by atoms with Crippen LogP contribution in [0.25, 0.3) is 0 Å². The number of methoxy groups -OCH3 is 1. The van der Waals surface area contributed by atoms with E-state index < -0.39 is 105 Å². The Labute approximate surface area is 270 Å². The molecule has 2 saturated carbocycles. The summed E-state index contributed by atoms with van der Waals surface area (Å²) in [5, 5.41) is 13.1. The Morgan fingerprint density at radius 3 is 2.30 bits per heavy atom. The lowest BCUT2D eigenvalue weighted by atomic mass is 9.36. The van der Waals surface area contributed by atoms with Gasteiger partial charge < -0.3 is 33.2 Å². The molecule has 1 aromatic heterocycles. The predicted molar refractivity (Wildman–Crippen MR) is 160 cm³/mol. The molecular weight excluding hydrogens is 596 g/mol. The Hall–Kier alpha value is -2.92. The lowest BCUT2D eigenvalue weighted by Crippen LogP contribution is -2.78. The predicted octanol–water partition coefficient (Wildman–Crippen LogP) is 4.75. The lowest BCUT2D eigenvalue weighted by molar-refractivity contribution is -0.323. The highest BCUT2D eigenvalue weighted by molar-refractivity contribution is 5.77. The fraction of sp³-hybridized carbons (Fsp3) is 0.771. The zero-order chi connectivity index (χ0) is 33.8. The van der Waals surface area contributed by atoms with Crippen LogP contribution in [0.5, 0.6) is 0 Å². The summed E-state index contributed by atoms with van der Waals surface area (Å²) in [5.74, 6) is -8.22. The maximum Gasteiger partial charge on any atom is 0.310 e. The van der Waals surface area contributed by atoms with Crippen LogP contribution in [0.3, 0.4) is 0 Å². The molecule has 2 bridgehead atoms. The van der Waals surface area contributed by atoms with Crippen molar-refractivity contribution < 1.29 is 52.4 Å². The third-order valence-electron chi connectivity index (χ3n) is 12.8. The minimum absolute atomic E-state index is 0.0552. The van der Waals surface area contributed by atoms with Gasteiger partial charge in [-0.1, -0.05) is 55.4 Å². The fourth-order valence-electron chi connectivity index (χ4n) is 10.5. The molecule has 5 aliphatic rings. The molecule has 5 fully saturated rings. The summed E-state index contributed by atoms with van der Waals surface area (Å²) in [4.78, 5) is 54.5. The van der Waals surface area contributed by atoms with E-state index in [1.54, 1.807) is 33.1 Å². The molecule has 46 heavy (non-hydrogen) atoms. The van der Waals surface area contributed by atoms with Crippen LogP contribution in [-0.2, 0) is 42.9 Å². The van der Waals surface area contributed by atoms with E-state index >= 15 is 0 Å². The number of rotatable bonds is 7. The zero-order valence-corrected chi connectivity index (χ0v) is 28.3. The summed E-state index contributed by atoms with van der Waals surface area (Å²) in [6.07, 6.45) is 1.71. The van der Waals surface area contributed by atoms with Gasteiger partial charge in [-0.15, -0.1) is 0 Å². The quantitative estimate of drug-likeness (QED) is 0.324. The summed E-state index contributed by atoms with van der Waals surface area (Å²) >= 11 is 0. The van der Waals surface area contributed by atoms with Gasteiger partial charge in [0.15, 0.2) is 5.79 Å². The van der Waals surface area contributed by atoms with Crippen LogP contribution in [0.2, 0.25) is 0 Å². The summed E-state index contributed by atoms with van der Waals surface area (Å²) in [7, 11) is 1.30. The second kappa shape index (κ2) is 10.5. The standard InChI is InChI=1S/C35H48O11/c1-10-18(4)29(38)45-27-23-26(44-28(37)17(2)3)31(5,6)24(30(39)41-9)33(8)20-11-13-32(7)21(34(20,27)46-35(23,33)40)15-22(36)43-25(32)19-12-14-42-16-19/h12,14,16-18,20-21,23-27,40H,10-11,13,15H2,1-9H3. The normalized spacial score (nSPS) is 44.1. The van der Waals surface area contributed by atoms with Gasteiger partial charge in [0.05, 0.1) is 49.7 Å². The van der Waals surface area contributed by atoms with E-state index in [-0.39, 0.29) is 6.42 Å². The Bertz CT molecular complexity index is 1420. The minimum atomic E-state index is -2.08. The van der Waals surface area contributed by atoms with E-state index in [1.165, 1.54) is 13.4 Å². The molecule has 0 amide bonds. The van der Waals surface area contributed by atoms with Crippen molar-refractivity contribution in [3.05, 3.63) is 24.2 Å². The number of esters is 4. The number of furan rings is 1. The molecule has 1 N–H and O–H groups in total. The molecular formula is C35H48O11. The number of carbonyl (C=O) groups excluding carboxylic acids is 4. The highest BCUT2D eigenvalue weighted by Gasteiger charge is 2.92. The average molecular weight is 645 g/mol. The van der Waals surface area contributed by atoms with Crippen molar-refractivity contribution in [2.75, 3.05) is 7.11 Å². The topological polar surface area (TPSA) is 148 Å². The molecule has 6 rings (SSSR count). The van der Waals surface area contributed by atoms with Crippen molar-refractivity contribution in [2.45, 2.75) is 111 Å². The summed E-state index contributed by atoms with van der Waals surface area (Å²) in [6, 6.07) is 1.77. The number of carbonyl (C=O) groups is 4. The Balaban J connectivity index is 1.61. The molecule has 254 valence electrons.